The van der Waals surface area contributed by atoms with Crippen LogP contribution in [0.3, 0.4) is 0 Å². The number of benzene rings is 1. The lowest BCUT2D eigenvalue weighted by Crippen LogP contribution is -2.30. The van der Waals surface area contributed by atoms with E-state index >= 15 is 0 Å². The van der Waals surface area contributed by atoms with Gasteiger partial charge in [-0.2, -0.15) is 5.10 Å². The standard InChI is InChI=1S/C16H19FN4O3S/c1-10-7-11(2)21(19-10)12-5-6-20(9-12)16(22)14-8-13(25(18,23)24)3-4-15(14)17/h3-4,7-8,12H,5-6,9H2,1-2H3,(H2,18,23,24). The molecular weight excluding hydrogens is 347 g/mol. The molecule has 1 atom stereocenters. The number of likely N-dealkylation sites (tertiary alicyclic amines) is 1. The van der Waals surface area contributed by atoms with Gasteiger partial charge in [-0.15, -0.1) is 0 Å². The third-order valence-corrected chi connectivity index (χ3v) is 5.25. The summed E-state index contributed by atoms with van der Waals surface area (Å²) in [6, 6.07) is 4.96. The van der Waals surface area contributed by atoms with E-state index in [2.05, 4.69) is 5.10 Å². The van der Waals surface area contributed by atoms with Crippen molar-refractivity contribution in [3.05, 3.63) is 47.0 Å². The quantitative estimate of drug-likeness (QED) is 0.887. The van der Waals surface area contributed by atoms with Gasteiger partial charge in [0.05, 0.1) is 22.2 Å². The Morgan fingerprint density at radius 3 is 2.64 bits per heavy atom. The van der Waals surface area contributed by atoms with Gasteiger partial charge in [0, 0.05) is 18.8 Å². The Hall–Kier alpha value is -2.26. The topological polar surface area (TPSA) is 98.3 Å². The Labute approximate surface area is 145 Å². The first-order valence-electron chi connectivity index (χ1n) is 7.81. The van der Waals surface area contributed by atoms with Crippen LogP contribution in [0.2, 0.25) is 0 Å². The molecule has 2 aromatic rings. The summed E-state index contributed by atoms with van der Waals surface area (Å²) in [5.74, 6) is -1.32. The number of rotatable bonds is 3. The van der Waals surface area contributed by atoms with Crippen molar-refractivity contribution in [2.45, 2.75) is 31.2 Å². The molecule has 1 aromatic heterocycles. The average Bonchev–Trinajstić information content (AvgIpc) is 3.12. The van der Waals surface area contributed by atoms with Crippen LogP contribution in [0.5, 0.6) is 0 Å². The monoisotopic (exact) mass is 366 g/mol. The van der Waals surface area contributed by atoms with Crippen LogP contribution in [-0.2, 0) is 10.0 Å². The van der Waals surface area contributed by atoms with Crippen LogP contribution in [0, 0.1) is 19.7 Å². The molecule has 134 valence electrons. The highest BCUT2D eigenvalue weighted by Crippen LogP contribution is 2.25. The number of nitrogens with two attached hydrogens (primary N) is 1. The molecule has 1 aromatic carbocycles. The molecule has 1 saturated heterocycles. The maximum atomic E-state index is 14.0. The third kappa shape index (κ3) is 3.42. The van der Waals surface area contributed by atoms with Crippen molar-refractivity contribution in [3.63, 3.8) is 0 Å². The van der Waals surface area contributed by atoms with Gasteiger partial charge < -0.3 is 4.90 Å². The predicted molar refractivity (Wildman–Crippen MR) is 89.0 cm³/mol. The fourth-order valence-electron chi connectivity index (χ4n) is 3.16. The Balaban J connectivity index is 1.84. The molecule has 9 heteroatoms. The molecule has 0 radical (unpaired) electrons. The van der Waals surface area contributed by atoms with Crippen molar-refractivity contribution in [1.82, 2.24) is 14.7 Å². The maximum absolute atomic E-state index is 14.0. The second kappa shape index (κ2) is 6.23. The molecule has 0 aliphatic carbocycles. The van der Waals surface area contributed by atoms with Gasteiger partial charge in [0.1, 0.15) is 5.82 Å². The van der Waals surface area contributed by atoms with Crippen LogP contribution < -0.4 is 5.14 Å². The van der Waals surface area contributed by atoms with E-state index in [1.165, 1.54) is 4.90 Å². The van der Waals surface area contributed by atoms with Gasteiger partial charge in [-0.25, -0.2) is 17.9 Å². The zero-order valence-electron chi connectivity index (χ0n) is 13.9. The molecule has 1 aliphatic rings. The van der Waals surface area contributed by atoms with Gasteiger partial charge in [0.25, 0.3) is 5.91 Å². The van der Waals surface area contributed by atoms with E-state index in [4.69, 9.17) is 5.14 Å². The van der Waals surface area contributed by atoms with Gasteiger partial charge in [-0.1, -0.05) is 0 Å². The van der Waals surface area contributed by atoms with Gasteiger partial charge in [0.2, 0.25) is 10.0 Å². The third-order valence-electron chi connectivity index (χ3n) is 4.34. The van der Waals surface area contributed by atoms with E-state index in [0.717, 1.165) is 29.6 Å². The van der Waals surface area contributed by atoms with E-state index in [0.29, 0.717) is 19.5 Å². The first kappa shape index (κ1) is 17.6. The molecule has 2 heterocycles. The summed E-state index contributed by atoms with van der Waals surface area (Å²) in [7, 11) is -4.01. The smallest absolute Gasteiger partial charge is 0.256 e. The summed E-state index contributed by atoms with van der Waals surface area (Å²) in [4.78, 5) is 13.9. The van der Waals surface area contributed by atoms with Gasteiger partial charge in [0.15, 0.2) is 0 Å². The molecule has 3 rings (SSSR count). The first-order valence-corrected chi connectivity index (χ1v) is 9.36. The van der Waals surface area contributed by atoms with E-state index in [1.807, 2.05) is 24.6 Å². The van der Waals surface area contributed by atoms with Crippen LogP contribution in [0.4, 0.5) is 4.39 Å². The number of sulfonamides is 1. The number of aryl methyl sites for hydroxylation is 2. The second-order valence-electron chi connectivity index (χ2n) is 6.25. The molecule has 25 heavy (non-hydrogen) atoms. The summed E-state index contributed by atoms with van der Waals surface area (Å²) in [5.41, 5.74) is 1.61. The number of carbonyl (C=O) groups is 1. The SMILES string of the molecule is Cc1cc(C)n(C2CCN(C(=O)c3cc(S(N)(=O)=O)ccc3F)C2)n1. The number of carbonyl (C=O) groups excluding carboxylic acids is 1. The largest absolute Gasteiger partial charge is 0.336 e. The zero-order chi connectivity index (χ0) is 18.4. The molecule has 1 fully saturated rings. The Morgan fingerprint density at radius 1 is 1.32 bits per heavy atom. The zero-order valence-corrected chi connectivity index (χ0v) is 14.8. The second-order valence-corrected chi connectivity index (χ2v) is 7.81. The number of hydrogen-bond donors (Lipinski definition) is 1. The van der Waals surface area contributed by atoms with Crippen molar-refractivity contribution in [2.24, 2.45) is 5.14 Å². The Bertz CT molecular complexity index is 939. The minimum atomic E-state index is -4.01. The molecule has 0 saturated carbocycles. The number of amides is 1. The normalized spacial score (nSPS) is 17.9. The van der Waals surface area contributed by atoms with Gasteiger partial charge in [-0.05, 0) is 44.5 Å². The number of halogens is 1. The Kier molecular flexibility index (Phi) is 4.38. The van der Waals surface area contributed by atoms with E-state index in [1.54, 1.807) is 0 Å². The van der Waals surface area contributed by atoms with Crippen LogP contribution in [0.1, 0.15) is 34.2 Å². The highest BCUT2D eigenvalue weighted by Gasteiger charge is 2.31. The fraction of sp³-hybridized carbons (Fsp3) is 0.375. The molecule has 0 spiro atoms. The summed E-state index contributed by atoms with van der Waals surface area (Å²) >= 11 is 0. The maximum Gasteiger partial charge on any atom is 0.256 e. The van der Waals surface area contributed by atoms with Crippen LogP contribution in [-0.4, -0.2) is 42.1 Å². The van der Waals surface area contributed by atoms with Crippen molar-refractivity contribution in [3.8, 4) is 0 Å². The van der Waals surface area contributed by atoms with Crippen LogP contribution >= 0.6 is 0 Å². The van der Waals surface area contributed by atoms with Crippen LogP contribution in [0.25, 0.3) is 0 Å². The lowest BCUT2D eigenvalue weighted by Gasteiger charge is -2.18. The summed E-state index contributed by atoms with van der Waals surface area (Å²) in [5, 5.41) is 9.49. The molecule has 1 amide bonds. The highest BCUT2D eigenvalue weighted by molar-refractivity contribution is 7.89. The molecule has 2 N–H and O–H groups in total. The molecule has 1 aliphatic heterocycles. The number of nitrogens with zero attached hydrogens (tertiary/aromatic N) is 3. The highest BCUT2D eigenvalue weighted by atomic mass is 32.2. The minimum Gasteiger partial charge on any atom is -0.336 e. The summed E-state index contributed by atoms with van der Waals surface area (Å²) in [6.45, 7) is 4.68. The lowest BCUT2D eigenvalue weighted by molar-refractivity contribution is 0.0782. The number of aromatic nitrogens is 2. The number of hydrogen-bond acceptors (Lipinski definition) is 4. The number of primary sulfonamides is 1. The van der Waals surface area contributed by atoms with Gasteiger partial charge >= 0.3 is 0 Å². The van der Waals surface area contributed by atoms with E-state index in [9.17, 15) is 17.6 Å². The Morgan fingerprint density at radius 2 is 2.04 bits per heavy atom. The van der Waals surface area contributed by atoms with Crippen molar-refractivity contribution in [1.29, 1.82) is 0 Å². The fourth-order valence-corrected chi connectivity index (χ4v) is 3.70. The molecular formula is C16H19FN4O3S. The average molecular weight is 366 g/mol. The molecule has 0 bridgehead atoms. The minimum absolute atomic E-state index is 0.0159. The first-order chi connectivity index (χ1) is 11.7. The lowest BCUT2D eigenvalue weighted by atomic mass is 10.2. The van der Waals surface area contributed by atoms with E-state index in [-0.39, 0.29) is 16.5 Å². The van der Waals surface area contributed by atoms with Gasteiger partial charge in [-0.3, -0.25) is 9.48 Å². The molecule has 1 unspecified atom stereocenters. The van der Waals surface area contributed by atoms with Crippen molar-refractivity contribution >= 4 is 15.9 Å². The molecule has 7 nitrogen and oxygen atoms in total. The van der Waals surface area contributed by atoms with Crippen molar-refractivity contribution in [2.75, 3.05) is 13.1 Å². The van der Waals surface area contributed by atoms with E-state index < -0.39 is 21.7 Å². The van der Waals surface area contributed by atoms with Crippen molar-refractivity contribution < 1.29 is 17.6 Å². The predicted octanol–water partition coefficient (Wildman–Crippen LogP) is 1.37. The summed E-state index contributed by atoms with van der Waals surface area (Å²) in [6.07, 6.45) is 0.699. The summed E-state index contributed by atoms with van der Waals surface area (Å²) < 4.78 is 38.8. The van der Waals surface area contributed by atoms with Crippen LogP contribution in [0.15, 0.2) is 29.2 Å².